The normalized spacial score (nSPS) is 19.9. The molecule has 1 atom stereocenters. The van der Waals surface area contributed by atoms with Crippen LogP contribution in [0.1, 0.15) is 25.7 Å². The van der Waals surface area contributed by atoms with Crippen LogP contribution in [0.15, 0.2) is 51.1 Å². The molecule has 1 N–H and O–H groups in total. The van der Waals surface area contributed by atoms with Gasteiger partial charge in [0, 0.05) is 28.6 Å². The number of sulfone groups is 1. The molecule has 150 valence electrons. The third-order valence-corrected chi connectivity index (χ3v) is 7.93. The molecule has 0 aliphatic carbocycles. The van der Waals surface area contributed by atoms with Gasteiger partial charge in [0.05, 0.1) is 16.3 Å². The van der Waals surface area contributed by atoms with Gasteiger partial charge >= 0.3 is 0 Å². The number of rotatable bonds is 4. The van der Waals surface area contributed by atoms with Crippen LogP contribution in [0, 0.1) is 0 Å². The average Bonchev–Trinajstić information content (AvgIpc) is 2.65. The lowest BCUT2D eigenvalue weighted by Gasteiger charge is -2.37. The van der Waals surface area contributed by atoms with E-state index in [0.717, 1.165) is 40.7 Å². The fourth-order valence-corrected chi connectivity index (χ4v) is 5.86. The van der Waals surface area contributed by atoms with Crippen LogP contribution in [0.25, 0.3) is 0 Å². The number of anilines is 2. The minimum Gasteiger partial charge on any atom is -0.508 e. The Morgan fingerprint density at radius 1 is 1.11 bits per heavy atom. The molecule has 2 aliphatic heterocycles. The van der Waals surface area contributed by atoms with Crippen molar-refractivity contribution in [3.8, 4) is 5.75 Å². The van der Waals surface area contributed by atoms with E-state index >= 15 is 0 Å². The summed E-state index contributed by atoms with van der Waals surface area (Å²) in [6.45, 7) is 1.95. The SMILES string of the molecule is CN1CCCCC1CCN1c2ccc(O)cc2Sc2ccc(S(C)(=O)=O)cc21. The van der Waals surface area contributed by atoms with E-state index in [1.54, 1.807) is 36.0 Å². The molecule has 1 fully saturated rings. The number of phenolic OH excluding ortho intramolecular Hbond substituents is 1. The van der Waals surface area contributed by atoms with E-state index in [9.17, 15) is 13.5 Å². The summed E-state index contributed by atoms with van der Waals surface area (Å²) in [4.78, 5) is 7.01. The Bertz CT molecular complexity index is 991. The van der Waals surface area contributed by atoms with E-state index in [1.807, 2.05) is 12.1 Å². The van der Waals surface area contributed by atoms with E-state index in [1.165, 1.54) is 25.5 Å². The van der Waals surface area contributed by atoms with Crippen molar-refractivity contribution < 1.29 is 13.5 Å². The molecule has 5 nitrogen and oxygen atoms in total. The number of likely N-dealkylation sites (tertiary alicyclic amines) is 1. The molecule has 0 aromatic heterocycles. The van der Waals surface area contributed by atoms with Crippen LogP contribution >= 0.6 is 11.8 Å². The molecule has 2 aliphatic rings. The highest BCUT2D eigenvalue weighted by atomic mass is 32.2. The summed E-state index contributed by atoms with van der Waals surface area (Å²) in [5.74, 6) is 0.245. The molecule has 0 spiro atoms. The third kappa shape index (κ3) is 3.88. The van der Waals surface area contributed by atoms with Crippen LogP contribution in [0.4, 0.5) is 11.4 Å². The zero-order valence-electron chi connectivity index (χ0n) is 16.3. The molecule has 4 rings (SSSR count). The van der Waals surface area contributed by atoms with E-state index in [-0.39, 0.29) is 5.75 Å². The van der Waals surface area contributed by atoms with Crippen molar-refractivity contribution in [1.82, 2.24) is 4.90 Å². The second-order valence-electron chi connectivity index (χ2n) is 7.73. The second kappa shape index (κ2) is 7.61. The summed E-state index contributed by atoms with van der Waals surface area (Å²) in [6.07, 6.45) is 6.00. The molecule has 2 heterocycles. The minimum absolute atomic E-state index is 0.245. The first kappa shape index (κ1) is 19.6. The predicted octanol–water partition coefficient (Wildman–Crippen LogP) is 4.27. The summed E-state index contributed by atoms with van der Waals surface area (Å²) < 4.78 is 24.2. The van der Waals surface area contributed by atoms with Gasteiger partial charge in [-0.2, -0.15) is 0 Å². The van der Waals surface area contributed by atoms with Crippen molar-refractivity contribution >= 4 is 33.0 Å². The van der Waals surface area contributed by atoms with Crippen molar-refractivity contribution in [2.75, 3.05) is 31.3 Å². The summed E-state index contributed by atoms with van der Waals surface area (Å²) in [7, 11) is -1.08. The van der Waals surface area contributed by atoms with Gasteiger partial charge in [-0.1, -0.05) is 18.2 Å². The van der Waals surface area contributed by atoms with E-state index < -0.39 is 9.84 Å². The summed E-state index contributed by atoms with van der Waals surface area (Å²) in [6, 6.07) is 11.3. The Morgan fingerprint density at radius 3 is 2.68 bits per heavy atom. The Kier molecular flexibility index (Phi) is 5.33. The highest BCUT2D eigenvalue weighted by Crippen LogP contribution is 2.49. The quantitative estimate of drug-likeness (QED) is 0.800. The average molecular weight is 419 g/mol. The number of fused-ring (bicyclic) bond motifs is 2. The monoisotopic (exact) mass is 418 g/mol. The summed E-state index contributed by atoms with van der Waals surface area (Å²) in [5, 5.41) is 9.92. The highest BCUT2D eigenvalue weighted by molar-refractivity contribution is 7.99. The fraction of sp³-hybridized carbons (Fsp3) is 0.429. The van der Waals surface area contributed by atoms with Crippen LogP contribution in [-0.4, -0.2) is 50.9 Å². The fourth-order valence-electron chi connectivity index (χ4n) is 4.11. The summed E-state index contributed by atoms with van der Waals surface area (Å²) in [5.41, 5.74) is 1.96. The van der Waals surface area contributed by atoms with Crippen molar-refractivity contribution in [1.29, 1.82) is 0 Å². The van der Waals surface area contributed by atoms with Gasteiger partial charge in [0.15, 0.2) is 9.84 Å². The van der Waals surface area contributed by atoms with Crippen molar-refractivity contribution in [2.45, 2.75) is 46.4 Å². The number of hydrogen-bond donors (Lipinski definition) is 1. The lowest BCUT2D eigenvalue weighted by molar-refractivity contribution is 0.178. The van der Waals surface area contributed by atoms with E-state index in [2.05, 4.69) is 16.8 Å². The van der Waals surface area contributed by atoms with Crippen molar-refractivity contribution in [2.24, 2.45) is 0 Å². The van der Waals surface area contributed by atoms with Crippen molar-refractivity contribution in [3.05, 3.63) is 36.4 Å². The molecular formula is C21H26N2O3S2. The highest BCUT2D eigenvalue weighted by Gasteiger charge is 2.27. The number of hydrogen-bond acceptors (Lipinski definition) is 6. The van der Waals surface area contributed by atoms with Crippen LogP contribution in [0.5, 0.6) is 5.75 Å². The van der Waals surface area contributed by atoms with Gasteiger partial charge in [-0.25, -0.2) is 8.42 Å². The Labute approximate surface area is 171 Å². The number of aromatic hydroxyl groups is 1. The number of nitrogens with zero attached hydrogens (tertiary/aromatic N) is 2. The van der Waals surface area contributed by atoms with Crippen LogP contribution in [-0.2, 0) is 9.84 Å². The zero-order chi connectivity index (χ0) is 19.9. The van der Waals surface area contributed by atoms with Gasteiger partial charge < -0.3 is 14.9 Å². The molecule has 0 saturated carbocycles. The number of phenols is 1. The van der Waals surface area contributed by atoms with Gasteiger partial charge in [-0.15, -0.1) is 0 Å². The Morgan fingerprint density at radius 2 is 1.93 bits per heavy atom. The molecule has 0 bridgehead atoms. The van der Waals surface area contributed by atoms with Gasteiger partial charge in [0.1, 0.15) is 5.75 Å². The van der Waals surface area contributed by atoms with Gasteiger partial charge in [0.2, 0.25) is 0 Å². The topological polar surface area (TPSA) is 60.9 Å². The van der Waals surface area contributed by atoms with Gasteiger partial charge in [0.25, 0.3) is 0 Å². The molecule has 2 aromatic carbocycles. The first-order valence-electron chi connectivity index (χ1n) is 9.66. The van der Waals surface area contributed by atoms with Gasteiger partial charge in [-0.05, 0) is 69.3 Å². The lowest BCUT2D eigenvalue weighted by atomic mass is 9.99. The van der Waals surface area contributed by atoms with Crippen LogP contribution in [0.3, 0.4) is 0 Å². The standard InChI is InChI=1S/C21H26N2O3S2/c1-22-11-4-3-5-15(22)10-12-23-18-8-6-16(24)13-21(18)27-20-9-7-17(14-19(20)23)28(2,25)26/h6-9,13-15,24H,3-5,10-12H2,1-2H3. The molecule has 0 radical (unpaired) electrons. The molecule has 1 unspecified atom stereocenters. The molecule has 0 amide bonds. The third-order valence-electron chi connectivity index (χ3n) is 5.71. The minimum atomic E-state index is -3.27. The van der Waals surface area contributed by atoms with E-state index in [4.69, 9.17) is 0 Å². The maximum atomic E-state index is 12.1. The van der Waals surface area contributed by atoms with Crippen LogP contribution < -0.4 is 4.90 Å². The molecule has 28 heavy (non-hydrogen) atoms. The Balaban J connectivity index is 1.71. The molecule has 7 heteroatoms. The number of piperidine rings is 1. The predicted molar refractivity (Wildman–Crippen MR) is 114 cm³/mol. The smallest absolute Gasteiger partial charge is 0.175 e. The largest absolute Gasteiger partial charge is 0.508 e. The maximum Gasteiger partial charge on any atom is 0.175 e. The van der Waals surface area contributed by atoms with Gasteiger partial charge in [-0.3, -0.25) is 0 Å². The molecule has 2 aromatic rings. The zero-order valence-corrected chi connectivity index (χ0v) is 17.9. The molecular weight excluding hydrogens is 392 g/mol. The Hall–Kier alpha value is -1.70. The van der Waals surface area contributed by atoms with Crippen LogP contribution in [0.2, 0.25) is 0 Å². The second-order valence-corrected chi connectivity index (χ2v) is 10.8. The first-order valence-corrected chi connectivity index (χ1v) is 12.4. The lowest BCUT2D eigenvalue weighted by Crippen LogP contribution is -2.38. The molecule has 1 saturated heterocycles. The van der Waals surface area contributed by atoms with E-state index in [0.29, 0.717) is 10.9 Å². The first-order chi connectivity index (χ1) is 13.3. The number of benzene rings is 2. The summed E-state index contributed by atoms with van der Waals surface area (Å²) >= 11 is 1.57. The van der Waals surface area contributed by atoms with Crippen molar-refractivity contribution in [3.63, 3.8) is 0 Å². The maximum absolute atomic E-state index is 12.1.